The molecule has 0 radical (unpaired) electrons. The molecular formula is C21H30ClN5O3. The number of aromatic nitrogens is 4. The van der Waals surface area contributed by atoms with Gasteiger partial charge in [-0.3, -0.25) is 13.9 Å². The standard InChI is InChI=1S/C21H29N5O3.ClH/c1-14(23-15(2)12-16-8-6-7-9-17(16)29-5)10-11-26-13-22-19-18(26)20(27)25(4)21(28)24(19)3;/h6-9,13-15,23H,10-12H2,1-5H3;1H. The van der Waals surface area contributed by atoms with Gasteiger partial charge in [-0.2, -0.15) is 0 Å². The van der Waals surface area contributed by atoms with Crippen molar-refractivity contribution in [1.29, 1.82) is 0 Å². The van der Waals surface area contributed by atoms with E-state index in [9.17, 15) is 9.59 Å². The number of benzene rings is 1. The summed E-state index contributed by atoms with van der Waals surface area (Å²) in [5.74, 6) is 0.923. The smallest absolute Gasteiger partial charge is 0.332 e. The Balaban J connectivity index is 0.00000320. The van der Waals surface area contributed by atoms with Crippen molar-refractivity contribution in [2.45, 2.75) is 45.3 Å². The fourth-order valence-corrected chi connectivity index (χ4v) is 3.85. The van der Waals surface area contributed by atoms with Crippen molar-refractivity contribution < 1.29 is 22.5 Å². The Hall–Kier alpha value is -2.58. The number of rotatable bonds is 8. The first kappa shape index (κ1) is 23.7. The molecule has 3 rings (SSSR count). The molecule has 0 spiro atoms. The lowest BCUT2D eigenvalue weighted by Crippen LogP contribution is -3.00. The molecular weight excluding hydrogens is 406 g/mol. The van der Waals surface area contributed by atoms with E-state index in [4.69, 9.17) is 4.74 Å². The fraction of sp³-hybridized carbons (Fsp3) is 0.476. The fourth-order valence-electron chi connectivity index (χ4n) is 3.85. The number of aryl methyl sites for hydroxylation is 2. The van der Waals surface area contributed by atoms with E-state index in [1.54, 1.807) is 20.5 Å². The highest BCUT2D eigenvalue weighted by atomic mass is 35.5. The molecule has 0 fully saturated rings. The lowest BCUT2D eigenvalue weighted by molar-refractivity contribution is -0.716. The molecule has 0 aliphatic carbocycles. The van der Waals surface area contributed by atoms with Gasteiger partial charge in [-0.15, -0.1) is 0 Å². The van der Waals surface area contributed by atoms with Gasteiger partial charge >= 0.3 is 5.69 Å². The second-order valence-electron chi connectivity index (χ2n) is 7.77. The third-order valence-corrected chi connectivity index (χ3v) is 5.43. The minimum absolute atomic E-state index is 0. The molecule has 0 saturated carbocycles. The molecule has 3 aromatic rings. The van der Waals surface area contributed by atoms with Gasteiger partial charge in [0.1, 0.15) is 5.75 Å². The Morgan fingerprint density at radius 1 is 1.10 bits per heavy atom. The second kappa shape index (κ2) is 9.95. The van der Waals surface area contributed by atoms with E-state index in [1.165, 1.54) is 17.2 Å². The molecule has 1 aromatic carbocycles. The van der Waals surface area contributed by atoms with E-state index < -0.39 is 0 Å². The lowest BCUT2D eigenvalue weighted by Gasteiger charge is -2.18. The van der Waals surface area contributed by atoms with Crippen LogP contribution in [0, 0.1) is 0 Å². The van der Waals surface area contributed by atoms with Crippen LogP contribution in [0.1, 0.15) is 25.8 Å². The highest BCUT2D eigenvalue weighted by Crippen LogP contribution is 2.18. The number of hydrogen-bond acceptors (Lipinski definition) is 4. The van der Waals surface area contributed by atoms with Gasteiger partial charge in [0.2, 0.25) is 0 Å². The molecule has 2 aromatic heterocycles. The molecule has 0 saturated heterocycles. The number of para-hydroxylation sites is 1. The lowest BCUT2D eigenvalue weighted by atomic mass is 10.0. The van der Waals surface area contributed by atoms with Crippen molar-refractivity contribution in [2.75, 3.05) is 7.11 Å². The van der Waals surface area contributed by atoms with Gasteiger partial charge in [-0.05, 0) is 25.5 Å². The quantitative estimate of drug-likeness (QED) is 0.421. The number of nitrogens with two attached hydrogens (primary N) is 1. The summed E-state index contributed by atoms with van der Waals surface area (Å²) in [7, 11) is 4.83. The van der Waals surface area contributed by atoms with Crippen molar-refractivity contribution in [3.63, 3.8) is 0 Å². The molecule has 0 aliphatic heterocycles. The minimum atomic E-state index is -0.361. The van der Waals surface area contributed by atoms with Crippen molar-refractivity contribution in [2.24, 2.45) is 14.1 Å². The summed E-state index contributed by atoms with van der Waals surface area (Å²) in [5.41, 5.74) is 1.44. The van der Waals surface area contributed by atoms with Gasteiger partial charge in [-0.1, -0.05) is 18.2 Å². The molecule has 2 N–H and O–H groups in total. The van der Waals surface area contributed by atoms with E-state index in [2.05, 4.69) is 30.2 Å². The van der Waals surface area contributed by atoms with E-state index in [1.807, 2.05) is 22.8 Å². The first-order valence-corrected chi connectivity index (χ1v) is 9.91. The number of methoxy groups -OCH3 is 1. The molecule has 164 valence electrons. The highest BCUT2D eigenvalue weighted by Gasteiger charge is 2.17. The van der Waals surface area contributed by atoms with Crippen molar-refractivity contribution in [3.8, 4) is 5.75 Å². The number of halogens is 1. The average molecular weight is 436 g/mol. The molecule has 0 amide bonds. The maximum absolute atomic E-state index is 12.5. The van der Waals surface area contributed by atoms with Crippen molar-refractivity contribution in [3.05, 3.63) is 57.0 Å². The predicted octanol–water partition coefficient (Wildman–Crippen LogP) is -2.58. The SMILES string of the molecule is COc1ccccc1CC(C)[NH2+]C(C)CCn1cnc2c1c(=O)n(C)c(=O)n2C.[Cl-]. The van der Waals surface area contributed by atoms with Crippen LogP contribution < -0.4 is 33.7 Å². The minimum Gasteiger partial charge on any atom is -1.00 e. The number of imidazole rings is 1. The Bertz CT molecular complexity index is 1120. The Labute approximate surface area is 181 Å². The van der Waals surface area contributed by atoms with Gasteiger partial charge in [0.25, 0.3) is 5.56 Å². The zero-order valence-electron chi connectivity index (χ0n) is 18.1. The number of fused-ring (bicyclic) bond motifs is 1. The van der Waals surface area contributed by atoms with Crippen LogP contribution in [0.5, 0.6) is 5.75 Å². The molecule has 2 atom stereocenters. The zero-order chi connectivity index (χ0) is 21.1. The normalized spacial score (nSPS) is 13.1. The molecule has 0 aliphatic rings. The molecule has 2 unspecified atom stereocenters. The van der Waals surface area contributed by atoms with Crippen molar-refractivity contribution in [1.82, 2.24) is 18.7 Å². The molecule has 30 heavy (non-hydrogen) atoms. The second-order valence-corrected chi connectivity index (χ2v) is 7.77. The van der Waals surface area contributed by atoms with E-state index in [-0.39, 0.29) is 23.7 Å². The molecule has 9 heteroatoms. The predicted molar refractivity (Wildman–Crippen MR) is 112 cm³/mol. The van der Waals surface area contributed by atoms with Crippen LogP contribution in [-0.2, 0) is 27.1 Å². The van der Waals surface area contributed by atoms with Crippen LogP contribution >= 0.6 is 0 Å². The Morgan fingerprint density at radius 3 is 2.50 bits per heavy atom. The summed E-state index contributed by atoms with van der Waals surface area (Å²) in [6.45, 7) is 5.07. The van der Waals surface area contributed by atoms with Gasteiger partial charge in [0.15, 0.2) is 11.2 Å². The number of nitrogens with zero attached hydrogens (tertiary/aromatic N) is 4. The zero-order valence-corrected chi connectivity index (χ0v) is 18.9. The third kappa shape index (κ3) is 4.76. The maximum Gasteiger partial charge on any atom is 0.332 e. The number of quaternary nitrogens is 1. The monoisotopic (exact) mass is 435 g/mol. The van der Waals surface area contributed by atoms with Crippen LogP contribution in [0.15, 0.2) is 40.2 Å². The van der Waals surface area contributed by atoms with E-state index in [0.717, 1.165) is 23.2 Å². The summed E-state index contributed by atoms with van der Waals surface area (Å²) in [6.07, 6.45) is 3.45. The van der Waals surface area contributed by atoms with Gasteiger partial charge < -0.3 is 27.0 Å². The van der Waals surface area contributed by atoms with Crippen molar-refractivity contribution >= 4 is 11.2 Å². The maximum atomic E-state index is 12.5. The van der Waals surface area contributed by atoms with Crippen LogP contribution in [0.2, 0.25) is 0 Å². The van der Waals surface area contributed by atoms with Crippen LogP contribution in [0.3, 0.4) is 0 Å². The summed E-state index contributed by atoms with van der Waals surface area (Å²) in [6, 6.07) is 8.87. The highest BCUT2D eigenvalue weighted by molar-refractivity contribution is 5.69. The number of hydrogen-bond donors (Lipinski definition) is 1. The Kier molecular flexibility index (Phi) is 7.86. The van der Waals surface area contributed by atoms with Gasteiger partial charge in [0, 0.05) is 33.5 Å². The Morgan fingerprint density at radius 2 is 1.80 bits per heavy atom. The first-order valence-electron chi connectivity index (χ1n) is 9.91. The molecule has 8 nitrogen and oxygen atoms in total. The van der Waals surface area contributed by atoms with Gasteiger partial charge in [0.05, 0.1) is 25.5 Å². The average Bonchev–Trinajstić information content (AvgIpc) is 3.13. The van der Waals surface area contributed by atoms with E-state index in [0.29, 0.717) is 29.8 Å². The topological polar surface area (TPSA) is 87.7 Å². The largest absolute Gasteiger partial charge is 1.00 e. The van der Waals surface area contributed by atoms with Gasteiger partial charge in [-0.25, -0.2) is 9.78 Å². The molecule has 2 heterocycles. The first-order chi connectivity index (χ1) is 13.8. The number of ether oxygens (including phenoxy) is 1. The molecule has 0 bridgehead atoms. The van der Waals surface area contributed by atoms with E-state index >= 15 is 0 Å². The van der Waals surface area contributed by atoms with Crippen LogP contribution in [0.4, 0.5) is 0 Å². The summed E-state index contributed by atoms with van der Waals surface area (Å²) in [4.78, 5) is 28.9. The summed E-state index contributed by atoms with van der Waals surface area (Å²) >= 11 is 0. The summed E-state index contributed by atoms with van der Waals surface area (Å²) in [5, 5.41) is 2.35. The van der Waals surface area contributed by atoms with Crippen LogP contribution in [0.25, 0.3) is 11.2 Å². The third-order valence-electron chi connectivity index (χ3n) is 5.43. The van der Waals surface area contributed by atoms with Crippen LogP contribution in [-0.4, -0.2) is 37.9 Å². The summed E-state index contributed by atoms with van der Waals surface area (Å²) < 4.78 is 9.85.